The Balaban J connectivity index is 1.96. The molecule has 3 rings (SSSR count). The molecule has 2 heterocycles. The summed E-state index contributed by atoms with van der Waals surface area (Å²) in [5.74, 6) is -0.837. The number of rotatable bonds is 4. The van der Waals surface area contributed by atoms with E-state index in [1.165, 1.54) is 12.1 Å². The predicted octanol–water partition coefficient (Wildman–Crippen LogP) is 4.12. The first-order chi connectivity index (χ1) is 12.3. The third-order valence-corrected chi connectivity index (χ3v) is 4.58. The molecule has 0 aliphatic carbocycles. The molecule has 1 N–H and O–H groups in total. The van der Waals surface area contributed by atoms with E-state index in [4.69, 9.17) is 0 Å². The van der Waals surface area contributed by atoms with Gasteiger partial charge in [-0.25, -0.2) is 4.68 Å². The number of anilines is 1. The number of hydrogen-bond donors (Lipinski definition) is 1. The number of benzene rings is 1. The Morgan fingerprint density at radius 2 is 1.88 bits per heavy atom. The van der Waals surface area contributed by atoms with Crippen molar-refractivity contribution in [2.45, 2.75) is 25.9 Å². The van der Waals surface area contributed by atoms with Crippen LogP contribution in [0.15, 0.2) is 36.5 Å². The summed E-state index contributed by atoms with van der Waals surface area (Å²) >= 11 is 1.12. The molecule has 1 aromatic carbocycles. The maximum absolute atomic E-state index is 13.6. The van der Waals surface area contributed by atoms with Crippen LogP contribution >= 0.6 is 11.3 Å². The maximum atomic E-state index is 13.6. The highest BCUT2D eigenvalue weighted by Crippen LogP contribution is 2.34. The van der Waals surface area contributed by atoms with Gasteiger partial charge in [-0.15, -0.1) is 10.2 Å². The first-order valence-corrected chi connectivity index (χ1v) is 8.44. The fourth-order valence-corrected chi connectivity index (χ4v) is 2.98. The molecule has 0 aliphatic rings. The van der Waals surface area contributed by atoms with Gasteiger partial charge in [0.1, 0.15) is 5.01 Å². The quantitative estimate of drug-likeness (QED) is 0.738. The van der Waals surface area contributed by atoms with Crippen LogP contribution in [0.5, 0.6) is 0 Å². The normalized spacial score (nSPS) is 11.8. The van der Waals surface area contributed by atoms with E-state index < -0.39 is 23.3 Å². The van der Waals surface area contributed by atoms with E-state index in [9.17, 15) is 18.0 Å². The van der Waals surface area contributed by atoms with Crippen molar-refractivity contribution < 1.29 is 18.0 Å². The van der Waals surface area contributed by atoms with Gasteiger partial charge in [0.15, 0.2) is 5.69 Å². The summed E-state index contributed by atoms with van der Waals surface area (Å²) in [6.07, 6.45) is -3.86. The molecule has 0 fully saturated rings. The van der Waals surface area contributed by atoms with Gasteiger partial charge in [0.25, 0.3) is 5.91 Å². The number of aromatic nitrogens is 4. The van der Waals surface area contributed by atoms with E-state index in [1.807, 2.05) is 13.8 Å². The van der Waals surface area contributed by atoms with E-state index in [0.29, 0.717) is 9.69 Å². The molecule has 26 heavy (non-hydrogen) atoms. The minimum Gasteiger partial charge on any atom is -0.296 e. The van der Waals surface area contributed by atoms with E-state index in [-0.39, 0.29) is 16.7 Å². The predicted molar refractivity (Wildman–Crippen MR) is 90.5 cm³/mol. The number of carbonyl (C=O) groups is 1. The Morgan fingerprint density at radius 3 is 2.46 bits per heavy atom. The number of carbonyl (C=O) groups excluding carboxylic acids is 1. The van der Waals surface area contributed by atoms with Gasteiger partial charge in [-0.3, -0.25) is 10.1 Å². The standard InChI is InChI=1S/C16H14F3N5OS/c1-9(2)14-22-23-15(26-14)21-13(25)11-8-20-24(12(11)16(17,18)19)10-6-4-3-5-7-10/h3-9H,1-2H3,(H,21,23,25). The Labute approximate surface area is 150 Å². The summed E-state index contributed by atoms with van der Waals surface area (Å²) in [4.78, 5) is 12.4. The molecule has 0 aliphatic heterocycles. The molecule has 0 bridgehead atoms. The summed E-state index contributed by atoms with van der Waals surface area (Å²) in [6.45, 7) is 3.80. The topological polar surface area (TPSA) is 72.7 Å². The van der Waals surface area contributed by atoms with Crippen molar-refractivity contribution in [1.82, 2.24) is 20.0 Å². The summed E-state index contributed by atoms with van der Waals surface area (Å²) in [7, 11) is 0. The molecule has 10 heteroatoms. The highest BCUT2D eigenvalue weighted by molar-refractivity contribution is 7.15. The van der Waals surface area contributed by atoms with E-state index in [2.05, 4.69) is 20.6 Å². The molecule has 1 amide bonds. The molecule has 0 radical (unpaired) electrons. The molecule has 136 valence electrons. The second-order valence-corrected chi connectivity index (χ2v) is 6.72. The third-order valence-electron chi connectivity index (χ3n) is 3.44. The van der Waals surface area contributed by atoms with Crippen molar-refractivity contribution >= 4 is 22.4 Å². The monoisotopic (exact) mass is 381 g/mol. The largest absolute Gasteiger partial charge is 0.434 e. The van der Waals surface area contributed by atoms with Gasteiger partial charge in [-0.2, -0.15) is 18.3 Å². The minimum absolute atomic E-state index is 0.102. The van der Waals surface area contributed by atoms with Crippen molar-refractivity contribution in [3.8, 4) is 5.69 Å². The van der Waals surface area contributed by atoms with Crippen molar-refractivity contribution in [3.05, 3.63) is 52.8 Å². The fourth-order valence-electron chi connectivity index (χ4n) is 2.24. The smallest absolute Gasteiger partial charge is 0.296 e. The number of alkyl halides is 3. The fraction of sp³-hybridized carbons (Fsp3) is 0.250. The van der Waals surface area contributed by atoms with Gasteiger partial charge in [0.05, 0.1) is 17.4 Å². The number of nitrogens with zero attached hydrogens (tertiary/aromatic N) is 4. The zero-order chi connectivity index (χ0) is 18.9. The summed E-state index contributed by atoms with van der Waals surface area (Å²) in [5, 5.41) is 14.6. The molecule has 0 atom stereocenters. The van der Waals surface area contributed by atoms with Crippen LogP contribution in [0.3, 0.4) is 0 Å². The van der Waals surface area contributed by atoms with Crippen LogP contribution in [0, 0.1) is 0 Å². The molecule has 2 aromatic heterocycles. The number of nitrogens with one attached hydrogen (secondary N) is 1. The average Bonchev–Trinajstić information content (AvgIpc) is 3.22. The van der Waals surface area contributed by atoms with Gasteiger partial charge < -0.3 is 0 Å². The third kappa shape index (κ3) is 3.59. The summed E-state index contributed by atoms with van der Waals surface area (Å²) < 4.78 is 41.4. The van der Waals surface area contributed by atoms with Crippen LogP contribution in [0.1, 0.15) is 40.8 Å². The lowest BCUT2D eigenvalue weighted by Gasteiger charge is -2.12. The van der Waals surface area contributed by atoms with Crippen LogP contribution in [0.2, 0.25) is 0 Å². The van der Waals surface area contributed by atoms with E-state index >= 15 is 0 Å². The van der Waals surface area contributed by atoms with Gasteiger partial charge in [0.2, 0.25) is 5.13 Å². The lowest BCUT2D eigenvalue weighted by Crippen LogP contribution is -2.20. The van der Waals surface area contributed by atoms with Gasteiger partial charge in [0, 0.05) is 5.92 Å². The maximum Gasteiger partial charge on any atom is 0.434 e. The van der Waals surface area contributed by atoms with Crippen molar-refractivity contribution in [2.75, 3.05) is 5.32 Å². The Kier molecular flexibility index (Phi) is 4.77. The highest BCUT2D eigenvalue weighted by Gasteiger charge is 2.40. The van der Waals surface area contributed by atoms with Crippen molar-refractivity contribution in [2.24, 2.45) is 0 Å². The molecule has 0 unspecified atom stereocenters. The number of halogens is 3. The van der Waals surface area contributed by atoms with Crippen LogP contribution in [0.4, 0.5) is 18.3 Å². The van der Waals surface area contributed by atoms with Crippen LogP contribution in [0.25, 0.3) is 5.69 Å². The highest BCUT2D eigenvalue weighted by atomic mass is 32.1. The minimum atomic E-state index is -4.76. The van der Waals surface area contributed by atoms with Crippen LogP contribution in [-0.4, -0.2) is 25.9 Å². The lowest BCUT2D eigenvalue weighted by atomic mass is 10.2. The number of para-hydroxylation sites is 1. The van der Waals surface area contributed by atoms with Crippen molar-refractivity contribution in [1.29, 1.82) is 0 Å². The Bertz CT molecular complexity index is 918. The van der Waals surface area contributed by atoms with Crippen LogP contribution < -0.4 is 5.32 Å². The SMILES string of the molecule is CC(C)c1nnc(NC(=O)c2cnn(-c3ccccc3)c2C(F)(F)F)s1. The average molecular weight is 381 g/mol. The molecule has 0 saturated heterocycles. The number of hydrogen-bond acceptors (Lipinski definition) is 5. The first kappa shape index (κ1) is 18.1. The Hall–Kier alpha value is -2.75. The second kappa shape index (κ2) is 6.87. The zero-order valence-corrected chi connectivity index (χ0v) is 14.6. The van der Waals surface area contributed by atoms with Gasteiger partial charge in [-0.05, 0) is 12.1 Å². The summed E-state index contributed by atoms with van der Waals surface area (Å²) in [5.41, 5.74) is -1.52. The van der Waals surface area contributed by atoms with E-state index in [0.717, 1.165) is 17.5 Å². The van der Waals surface area contributed by atoms with Gasteiger partial charge in [-0.1, -0.05) is 43.4 Å². The number of amides is 1. The van der Waals surface area contributed by atoms with E-state index in [1.54, 1.807) is 18.2 Å². The molecule has 3 aromatic rings. The summed E-state index contributed by atoms with van der Waals surface area (Å²) in [6, 6.07) is 7.81. The molecule has 0 saturated carbocycles. The van der Waals surface area contributed by atoms with Crippen molar-refractivity contribution in [3.63, 3.8) is 0 Å². The van der Waals surface area contributed by atoms with Crippen LogP contribution in [-0.2, 0) is 6.18 Å². The Morgan fingerprint density at radius 1 is 1.19 bits per heavy atom. The molecule has 0 spiro atoms. The zero-order valence-electron chi connectivity index (χ0n) is 13.8. The molecular formula is C16H14F3N5OS. The lowest BCUT2D eigenvalue weighted by molar-refractivity contribution is -0.143. The molecular weight excluding hydrogens is 367 g/mol. The first-order valence-electron chi connectivity index (χ1n) is 7.62. The molecule has 6 nitrogen and oxygen atoms in total. The second-order valence-electron chi connectivity index (χ2n) is 5.71. The van der Waals surface area contributed by atoms with Gasteiger partial charge >= 0.3 is 6.18 Å².